The molecule has 5 heteroatoms. The Kier molecular flexibility index (Phi) is 3.31. The van der Waals surface area contributed by atoms with E-state index in [2.05, 4.69) is 5.10 Å². The maximum atomic E-state index is 13.2. The summed E-state index contributed by atoms with van der Waals surface area (Å²) in [6, 6.07) is 8.52. The number of aliphatic hydroxyl groups excluding tert-OH is 1. The van der Waals surface area contributed by atoms with Crippen LogP contribution in [-0.2, 0) is 13.5 Å². The highest BCUT2D eigenvalue weighted by Crippen LogP contribution is 2.31. The molecule has 1 unspecified atom stereocenters. The van der Waals surface area contributed by atoms with Gasteiger partial charge in [0.1, 0.15) is 5.82 Å². The fraction of sp³-hybridized carbons (Fsp3) is 0.267. The molecule has 0 saturated heterocycles. The summed E-state index contributed by atoms with van der Waals surface area (Å²) in [4.78, 5) is 0.851. The topological polar surface area (TPSA) is 38.0 Å². The molecule has 104 valence electrons. The first-order valence-corrected chi connectivity index (χ1v) is 7.21. The number of nitrogens with zero attached hydrogens (tertiary/aromatic N) is 2. The van der Waals surface area contributed by atoms with E-state index in [1.165, 1.54) is 23.5 Å². The smallest absolute Gasteiger partial charge is 0.123 e. The molecule has 2 heterocycles. The van der Waals surface area contributed by atoms with E-state index in [0.29, 0.717) is 6.42 Å². The Balaban J connectivity index is 1.88. The van der Waals surface area contributed by atoms with Gasteiger partial charge in [0, 0.05) is 28.7 Å². The highest BCUT2D eigenvalue weighted by atomic mass is 32.1. The molecule has 0 saturated carbocycles. The van der Waals surface area contributed by atoms with Gasteiger partial charge >= 0.3 is 0 Å². The van der Waals surface area contributed by atoms with E-state index < -0.39 is 6.10 Å². The predicted octanol–water partition coefficient (Wildman–Crippen LogP) is 3.36. The van der Waals surface area contributed by atoms with Crippen molar-refractivity contribution in [3.8, 4) is 0 Å². The molecule has 0 aliphatic heterocycles. The summed E-state index contributed by atoms with van der Waals surface area (Å²) in [5, 5.41) is 15.5. The van der Waals surface area contributed by atoms with E-state index in [1.54, 1.807) is 10.7 Å². The van der Waals surface area contributed by atoms with E-state index in [9.17, 15) is 9.50 Å². The summed E-state index contributed by atoms with van der Waals surface area (Å²) in [7, 11) is 1.87. The molecule has 1 N–H and O–H groups in total. The predicted molar refractivity (Wildman–Crippen MR) is 78.4 cm³/mol. The van der Waals surface area contributed by atoms with Crippen LogP contribution in [0.25, 0.3) is 10.1 Å². The van der Waals surface area contributed by atoms with E-state index in [4.69, 9.17) is 0 Å². The average molecular weight is 290 g/mol. The van der Waals surface area contributed by atoms with Crippen molar-refractivity contribution in [2.45, 2.75) is 19.4 Å². The second-order valence-corrected chi connectivity index (χ2v) is 6.07. The highest BCUT2D eigenvalue weighted by Gasteiger charge is 2.15. The fourth-order valence-corrected chi connectivity index (χ4v) is 3.38. The summed E-state index contributed by atoms with van der Waals surface area (Å²) in [5.41, 5.74) is 1.92. The monoisotopic (exact) mass is 290 g/mol. The van der Waals surface area contributed by atoms with Crippen LogP contribution in [0.1, 0.15) is 22.4 Å². The number of aryl methyl sites for hydroxylation is 2. The molecule has 0 amide bonds. The lowest BCUT2D eigenvalue weighted by Crippen LogP contribution is -2.05. The summed E-state index contributed by atoms with van der Waals surface area (Å²) in [6.45, 7) is 1.93. The Hall–Kier alpha value is -1.72. The molecule has 20 heavy (non-hydrogen) atoms. The Morgan fingerprint density at radius 1 is 1.35 bits per heavy atom. The molecule has 0 bridgehead atoms. The third-order valence-electron chi connectivity index (χ3n) is 3.33. The molecule has 0 aliphatic carbocycles. The van der Waals surface area contributed by atoms with Crippen LogP contribution in [0.4, 0.5) is 4.39 Å². The van der Waals surface area contributed by atoms with Gasteiger partial charge in [0.05, 0.1) is 11.8 Å². The van der Waals surface area contributed by atoms with E-state index in [-0.39, 0.29) is 5.82 Å². The average Bonchev–Trinajstić information content (AvgIpc) is 2.92. The molecule has 0 spiro atoms. The number of hydrogen-bond acceptors (Lipinski definition) is 3. The maximum absolute atomic E-state index is 13.2. The van der Waals surface area contributed by atoms with Crippen LogP contribution in [0, 0.1) is 12.7 Å². The number of halogens is 1. The first-order valence-electron chi connectivity index (χ1n) is 6.39. The van der Waals surface area contributed by atoms with Crippen molar-refractivity contribution < 1.29 is 9.50 Å². The second-order valence-electron chi connectivity index (χ2n) is 4.95. The van der Waals surface area contributed by atoms with Crippen molar-refractivity contribution in [3.63, 3.8) is 0 Å². The van der Waals surface area contributed by atoms with Gasteiger partial charge in [-0.25, -0.2) is 4.39 Å². The third-order valence-corrected chi connectivity index (χ3v) is 4.54. The number of aliphatic hydroxyl groups is 1. The number of aromatic nitrogens is 2. The van der Waals surface area contributed by atoms with Crippen molar-refractivity contribution >= 4 is 21.4 Å². The Bertz CT molecular complexity index is 762. The maximum Gasteiger partial charge on any atom is 0.123 e. The minimum atomic E-state index is -0.592. The minimum Gasteiger partial charge on any atom is -0.387 e. The molecule has 3 nitrogen and oxygen atoms in total. The number of fused-ring (bicyclic) bond motifs is 1. The molecular formula is C15H15FN2OS. The summed E-state index contributed by atoms with van der Waals surface area (Å²) < 4.78 is 16.0. The van der Waals surface area contributed by atoms with Gasteiger partial charge in [0.15, 0.2) is 0 Å². The number of benzene rings is 1. The first kappa shape index (κ1) is 13.3. The Morgan fingerprint density at radius 3 is 2.85 bits per heavy atom. The molecule has 3 aromatic rings. The van der Waals surface area contributed by atoms with Gasteiger partial charge in [-0.3, -0.25) is 4.68 Å². The number of rotatable bonds is 3. The largest absolute Gasteiger partial charge is 0.387 e. The lowest BCUT2D eigenvalue weighted by Gasteiger charge is -2.08. The van der Waals surface area contributed by atoms with Crippen molar-refractivity contribution in [2.24, 2.45) is 7.05 Å². The molecule has 2 aromatic heterocycles. The third kappa shape index (κ3) is 2.46. The normalized spacial score (nSPS) is 13.0. The standard InChI is InChI=1S/C15H15FN2OS/c1-9-5-12(18(2)17-9)8-13(19)15-7-10-6-11(16)3-4-14(10)20-15/h3-7,13,19H,8H2,1-2H3. The Labute approximate surface area is 120 Å². The molecule has 1 atom stereocenters. The van der Waals surface area contributed by atoms with Crippen molar-refractivity contribution in [2.75, 3.05) is 0 Å². The fourth-order valence-electron chi connectivity index (χ4n) is 2.35. The number of hydrogen-bond donors (Lipinski definition) is 1. The first-order chi connectivity index (χ1) is 9.52. The van der Waals surface area contributed by atoms with Gasteiger partial charge in [0.25, 0.3) is 0 Å². The van der Waals surface area contributed by atoms with Crippen LogP contribution in [0.15, 0.2) is 30.3 Å². The van der Waals surface area contributed by atoms with Crippen molar-refractivity contribution in [3.05, 3.63) is 52.4 Å². The zero-order valence-corrected chi connectivity index (χ0v) is 12.1. The lowest BCUT2D eigenvalue weighted by molar-refractivity contribution is 0.179. The zero-order chi connectivity index (χ0) is 14.3. The zero-order valence-electron chi connectivity index (χ0n) is 11.3. The summed E-state index contributed by atoms with van der Waals surface area (Å²) in [6.07, 6.45) is -0.0858. The van der Waals surface area contributed by atoms with Crippen molar-refractivity contribution in [1.82, 2.24) is 9.78 Å². The van der Waals surface area contributed by atoms with Gasteiger partial charge in [-0.1, -0.05) is 0 Å². The van der Waals surface area contributed by atoms with Crippen LogP contribution >= 0.6 is 11.3 Å². The van der Waals surface area contributed by atoms with E-state index in [1.807, 2.05) is 26.1 Å². The van der Waals surface area contributed by atoms with Crippen LogP contribution < -0.4 is 0 Å². The molecule has 3 rings (SSSR count). The van der Waals surface area contributed by atoms with E-state index >= 15 is 0 Å². The molecule has 0 fully saturated rings. The van der Waals surface area contributed by atoms with Gasteiger partial charge in [-0.2, -0.15) is 5.10 Å². The van der Waals surface area contributed by atoms with Gasteiger partial charge in [-0.05, 0) is 42.6 Å². The summed E-state index contributed by atoms with van der Waals surface area (Å²) in [5.74, 6) is -0.251. The second kappa shape index (κ2) is 5.00. The SMILES string of the molecule is Cc1cc(CC(O)c2cc3cc(F)ccc3s2)n(C)n1. The van der Waals surface area contributed by atoms with Gasteiger partial charge < -0.3 is 5.11 Å². The van der Waals surface area contributed by atoms with Gasteiger partial charge in [0.2, 0.25) is 0 Å². The quantitative estimate of drug-likeness (QED) is 0.803. The van der Waals surface area contributed by atoms with Crippen LogP contribution in [0.3, 0.4) is 0 Å². The lowest BCUT2D eigenvalue weighted by atomic mass is 10.1. The number of thiophene rings is 1. The van der Waals surface area contributed by atoms with E-state index in [0.717, 1.165) is 26.4 Å². The molecule has 0 aliphatic rings. The van der Waals surface area contributed by atoms with Crippen LogP contribution in [0.2, 0.25) is 0 Å². The van der Waals surface area contributed by atoms with Gasteiger partial charge in [-0.15, -0.1) is 11.3 Å². The summed E-state index contributed by atoms with van der Waals surface area (Å²) >= 11 is 1.50. The van der Waals surface area contributed by atoms with Crippen LogP contribution in [0.5, 0.6) is 0 Å². The minimum absolute atomic E-state index is 0.251. The van der Waals surface area contributed by atoms with Crippen LogP contribution in [-0.4, -0.2) is 14.9 Å². The molecule has 0 radical (unpaired) electrons. The molecule has 1 aromatic carbocycles. The van der Waals surface area contributed by atoms with Crippen molar-refractivity contribution in [1.29, 1.82) is 0 Å². The molecular weight excluding hydrogens is 275 g/mol. The highest BCUT2D eigenvalue weighted by molar-refractivity contribution is 7.19. The Morgan fingerprint density at radius 2 is 2.15 bits per heavy atom.